The second-order valence-electron chi connectivity index (χ2n) is 3.47. The van der Waals surface area contributed by atoms with Crippen LogP contribution in [0.4, 0.5) is 0 Å². The average molecular weight is 429 g/mol. The summed E-state index contributed by atoms with van der Waals surface area (Å²) >= 11 is 6.99. The summed E-state index contributed by atoms with van der Waals surface area (Å²) in [7, 11) is 1.98. The fourth-order valence-electron chi connectivity index (χ4n) is 1.52. The van der Waals surface area contributed by atoms with E-state index < -0.39 is 0 Å². The Labute approximate surface area is 144 Å². The summed E-state index contributed by atoms with van der Waals surface area (Å²) < 4.78 is 2.02. The molecule has 0 atom stereocenters. The van der Waals surface area contributed by atoms with Crippen molar-refractivity contribution in [2.45, 2.75) is 0 Å². The molecule has 0 saturated heterocycles. The van der Waals surface area contributed by atoms with Crippen LogP contribution >= 0.6 is 31.9 Å². The number of benzene rings is 1. The maximum atomic E-state index is 4.02. The van der Waals surface area contributed by atoms with Crippen LogP contribution in [0.1, 0.15) is 5.56 Å². The Morgan fingerprint density at radius 1 is 1.24 bits per heavy atom. The van der Waals surface area contributed by atoms with Crippen LogP contribution in [0, 0.1) is 6.08 Å². The molecule has 1 aromatic rings. The second kappa shape index (κ2) is 6.46. The Bertz CT molecular complexity index is 506. The van der Waals surface area contributed by atoms with Gasteiger partial charge in [-0.1, -0.05) is 56.5 Å². The quantitative estimate of drug-likeness (QED) is 0.602. The molecule has 0 spiro atoms. The number of likely N-dealkylation sites (N-methyl/N-ethyl adjacent to an activating group) is 1. The van der Waals surface area contributed by atoms with Crippen LogP contribution in [-0.2, 0) is 32.7 Å². The maximum absolute atomic E-state index is 4.02. The Morgan fingerprint density at radius 2 is 1.88 bits per heavy atom. The van der Waals surface area contributed by atoms with Gasteiger partial charge in [0, 0.05) is 39.8 Å². The van der Waals surface area contributed by atoms with Gasteiger partial charge in [0.25, 0.3) is 0 Å². The summed E-state index contributed by atoms with van der Waals surface area (Å²) in [5, 5.41) is 0. The number of nitrogens with zero attached hydrogens (tertiary/aromatic N) is 1. The van der Waals surface area contributed by atoms with Crippen LogP contribution in [-0.4, -0.2) is 11.9 Å². The van der Waals surface area contributed by atoms with Gasteiger partial charge in [0.15, 0.2) is 0 Å². The zero-order valence-electron chi connectivity index (χ0n) is 9.37. The third-order valence-corrected chi connectivity index (χ3v) is 3.86. The van der Waals surface area contributed by atoms with Crippen LogP contribution in [0.15, 0.2) is 51.6 Å². The minimum atomic E-state index is 0. The van der Waals surface area contributed by atoms with Crippen LogP contribution in [0.5, 0.6) is 0 Å². The van der Waals surface area contributed by atoms with Gasteiger partial charge in [0.05, 0.1) is 0 Å². The fourth-order valence-corrected chi connectivity index (χ4v) is 2.37. The summed E-state index contributed by atoms with van der Waals surface area (Å²) in [6.07, 6.45) is 5.15. The van der Waals surface area contributed by atoms with E-state index in [1.165, 1.54) is 0 Å². The van der Waals surface area contributed by atoms with Crippen molar-refractivity contribution in [1.29, 1.82) is 0 Å². The molecule has 0 aromatic heterocycles. The molecule has 0 unspecified atom stereocenters. The first kappa shape index (κ1) is 15.4. The summed E-state index contributed by atoms with van der Waals surface area (Å²) in [5.74, 6) is 0. The monoisotopic (exact) mass is 427 g/mol. The first-order valence-electron chi connectivity index (χ1n) is 4.78. The molecule has 1 radical (unpaired) electrons. The predicted molar refractivity (Wildman–Crippen MR) is 74.7 cm³/mol. The molecule has 0 fully saturated rings. The molecule has 17 heavy (non-hydrogen) atoms. The van der Waals surface area contributed by atoms with Gasteiger partial charge in [-0.15, -0.1) is 22.0 Å². The van der Waals surface area contributed by atoms with Gasteiger partial charge in [0.1, 0.15) is 0 Å². The standard InChI is InChI=1S/C13H10Br2N.Y/c1-9-11(14)7-8-13(16(9)2)10-5-3-4-6-12(10)15;/h3-7H,1H2,2H3;/q-1;. The smallest absolute Gasteiger partial charge is 0.00849 e. The molecule has 1 heterocycles. The van der Waals surface area contributed by atoms with Crippen molar-refractivity contribution in [3.63, 3.8) is 0 Å². The molecule has 0 amide bonds. The molecule has 1 nitrogen and oxygen atoms in total. The number of halogens is 2. The van der Waals surface area contributed by atoms with Gasteiger partial charge in [0.2, 0.25) is 0 Å². The molecule has 2 rings (SSSR count). The summed E-state index contributed by atoms with van der Waals surface area (Å²) in [4.78, 5) is 2.02. The van der Waals surface area contributed by atoms with Crippen molar-refractivity contribution in [2.24, 2.45) is 0 Å². The van der Waals surface area contributed by atoms with E-state index in [0.717, 1.165) is 25.9 Å². The average Bonchev–Trinajstić information content (AvgIpc) is 2.28. The van der Waals surface area contributed by atoms with E-state index in [1.54, 1.807) is 0 Å². The van der Waals surface area contributed by atoms with Gasteiger partial charge in [-0.05, 0) is 10.2 Å². The van der Waals surface area contributed by atoms with Crippen molar-refractivity contribution in [3.05, 3.63) is 63.2 Å². The molecule has 85 valence electrons. The molecule has 0 aliphatic carbocycles. The number of hydrogen-bond donors (Lipinski definition) is 0. The Balaban J connectivity index is 0.00000144. The second-order valence-corrected chi connectivity index (χ2v) is 5.18. The van der Waals surface area contributed by atoms with E-state index in [0.29, 0.717) is 0 Å². The first-order chi connectivity index (χ1) is 7.61. The van der Waals surface area contributed by atoms with Gasteiger partial charge in [-0.2, -0.15) is 12.2 Å². The van der Waals surface area contributed by atoms with Gasteiger partial charge < -0.3 is 4.90 Å². The Hall–Kier alpha value is 0.304. The van der Waals surface area contributed by atoms with E-state index in [-0.39, 0.29) is 32.7 Å². The topological polar surface area (TPSA) is 3.24 Å². The van der Waals surface area contributed by atoms with E-state index in [1.807, 2.05) is 36.2 Å². The molecular formula is C13H10Br2NY-. The van der Waals surface area contributed by atoms with Crippen LogP contribution in [0.2, 0.25) is 0 Å². The maximum Gasteiger partial charge on any atom is 0.00849 e. The molecule has 1 aliphatic heterocycles. The van der Waals surface area contributed by atoms with Crippen molar-refractivity contribution < 1.29 is 32.7 Å². The summed E-state index contributed by atoms with van der Waals surface area (Å²) in [6, 6.07) is 8.09. The molecular weight excluding hydrogens is 419 g/mol. The molecule has 0 saturated carbocycles. The molecule has 1 aliphatic rings. The molecule has 0 bridgehead atoms. The predicted octanol–water partition coefficient (Wildman–Crippen LogP) is 4.33. The fraction of sp³-hybridized carbons (Fsp3) is 0.0769. The Kier molecular flexibility index (Phi) is 5.84. The largest absolute Gasteiger partial charge is 0.377 e. The van der Waals surface area contributed by atoms with E-state index in [2.05, 4.69) is 50.6 Å². The normalized spacial score (nSPS) is 15.0. The van der Waals surface area contributed by atoms with Crippen molar-refractivity contribution in [2.75, 3.05) is 7.05 Å². The summed E-state index contributed by atoms with van der Waals surface area (Å²) in [6.45, 7) is 4.02. The molecule has 0 N–H and O–H groups in total. The minimum Gasteiger partial charge on any atom is -0.377 e. The Morgan fingerprint density at radius 3 is 2.53 bits per heavy atom. The zero-order chi connectivity index (χ0) is 11.7. The third-order valence-electron chi connectivity index (χ3n) is 2.48. The van der Waals surface area contributed by atoms with Crippen molar-refractivity contribution in [3.8, 4) is 0 Å². The number of allylic oxidation sites excluding steroid dienone is 3. The number of rotatable bonds is 1. The van der Waals surface area contributed by atoms with Gasteiger partial charge >= 0.3 is 0 Å². The number of hydrogen-bond acceptors (Lipinski definition) is 1. The van der Waals surface area contributed by atoms with E-state index >= 15 is 0 Å². The molecule has 4 heteroatoms. The zero-order valence-corrected chi connectivity index (χ0v) is 15.4. The van der Waals surface area contributed by atoms with E-state index in [4.69, 9.17) is 0 Å². The summed E-state index contributed by atoms with van der Waals surface area (Å²) in [5.41, 5.74) is 3.06. The van der Waals surface area contributed by atoms with Crippen LogP contribution < -0.4 is 0 Å². The SMILES string of the molecule is C=C1C(Br)=C[C-]=C(c2ccccc2Br)N1C.[Y]. The van der Waals surface area contributed by atoms with Crippen LogP contribution in [0.25, 0.3) is 5.70 Å². The third kappa shape index (κ3) is 3.20. The first-order valence-corrected chi connectivity index (χ1v) is 6.37. The van der Waals surface area contributed by atoms with Crippen molar-refractivity contribution in [1.82, 2.24) is 4.90 Å². The van der Waals surface area contributed by atoms with Crippen LogP contribution in [0.3, 0.4) is 0 Å². The van der Waals surface area contributed by atoms with Gasteiger partial charge in [-0.3, -0.25) is 0 Å². The minimum absolute atomic E-state index is 0. The molecule has 1 aromatic carbocycles. The van der Waals surface area contributed by atoms with E-state index in [9.17, 15) is 0 Å². The van der Waals surface area contributed by atoms with Crippen molar-refractivity contribution >= 4 is 37.6 Å². The van der Waals surface area contributed by atoms with Gasteiger partial charge in [-0.25, -0.2) is 0 Å².